The van der Waals surface area contributed by atoms with Gasteiger partial charge in [0, 0.05) is 0 Å². The molecule has 0 amide bonds. The summed E-state index contributed by atoms with van der Waals surface area (Å²) in [5, 5.41) is 0.373. The van der Waals surface area contributed by atoms with Gasteiger partial charge in [0.05, 0.1) is 10.9 Å². The Hall–Kier alpha value is -1.75. The Morgan fingerprint density at radius 1 is 1.35 bits per heavy atom. The average Bonchev–Trinajstić information content (AvgIpc) is 2.30. The molecule has 0 saturated heterocycles. The summed E-state index contributed by atoms with van der Waals surface area (Å²) in [4.78, 5) is 24.9. The molecule has 2 aromatic rings. The van der Waals surface area contributed by atoms with Crippen LogP contribution in [0.15, 0.2) is 38.3 Å². The quantitative estimate of drug-likeness (QED) is 0.815. The van der Waals surface area contributed by atoms with Gasteiger partial charge in [-0.05, 0) is 29.9 Å². The Balaban J connectivity index is 2.51. The molecule has 0 aliphatic heterocycles. The molecule has 0 aliphatic rings. The highest BCUT2D eigenvalue weighted by Gasteiger charge is 2.02. The number of fused-ring (bicyclic) bond motifs is 1. The number of rotatable bonds is 3. The summed E-state index contributed by atoms with van der Waals surface area (Å²) in [5.74, 6) is 0.0420. The first kappa shape index (κ1) is 11.7. The molecule has 88 valence electrons. The van der Waals surface area contributed by atoms with Crippen LogP contribution in [0.2, 0.25) is 0 Å². The zero-order chi connectivity index (χ0) is 12.3. The number of allylic oxidation sites excluding steroid dienone is 1. The molecule has 0 radical (unpaired) electrons. The first-order chi connectivity index (χ1) is 8.20. The summed E-state index contributed by atoms with van der Waals surface area (Å²) in [7, 11) is 0. The summed E-state index contributed by atoms with van der Waals surface area (Å²) >= 11 is 4.10. The van der Waals surface area contributed by atoms with E-state index in [4.69, 9.17) is 0 Å². The lowest BCUT2D eigenvalue weighted by Crippen LogP contribution is -2.14. The minimum absolute atomic E-state index is 0.373. The first-order valence-electron chi connectivity index (χ1n) is 5.15. The topological polar surface area (TPSA) is 63.1 Å². The molecule has 2 rings (SSSR count). The smallest absolute Gasteiger partial charge is 0.372 e. The van der Waals surface area contributed by atoms with Gasteiger partial charge in [-0.15, -0.1) is 0 Å². The Kier molecular flexibility index (Phi) is 3.49. The van der Waals surface area contributed by atoms with Crippen LogP contribution in [-0.4, -0.2) is 10.7 Å². The van der Waals surface area contributed by atoms with Crippen LogP contribution in [-0.2, 0) is 0 Å². The molecular weight excluding hydrogens is 238 g/mol. The third-order valence-electron chi connectivity index (χ3n) is 2.29. The lowest BCUT2D eigenvalue weighted by Gasteiger charge is -1.97. The molecule has 1 aromatic carbocycles. The zero-order valence-corrected chi connectivity index (χ0v) is 9.87. The predicted octanol–water partition coefficient (Wildman–Crippen LogP) is 1.81. The molecule has 0 fully saturated rings. The van der Waals surface area contributed by atoms with Gasteiger partial charge in [-0.3, -0.25) is 4.98 Å². The van der Waals surface area contributed by atoms with Crippen molar-refractivity contribution in [2.45, 2.75) is 6.42 Å². The third-order valence-corrected chi connectivity index (χ3v) is 2.55. The second kappa shape index (κ2) is 5.05. The van der Waals surface area contributed by atoms with Crippen LogP contribution < -0.4 is 11.4 Å². The van der Waals surface area contributed by atoms with E-state index in [1.807, 2.05) is 18.2 Å². The van der Waals surface area contributed by atoms with Crippen molar-refractivity contribution in [2.75, 3.05) is 5.75 Å². The van der Waals surface area contributed by atoms with E-state index in [0.717, 1.165) is 17.7 Å². The summed E-state index contributed by atoms with van der Waals surface area (Å²) < 4.78 is 4.47. The summed E-state index contributed by atoms with van der Waals surface area (Å²) in [6, 6.07) is 5.20. The number of benzene rings is 1. The molecule has 0 saturated carbocycles. The van der Waals surface area contributed by atoms with Gasteiger partial charge in [0.25, 0.3) is 0 Å². The molecule has 17 heavy (non-hydrogen) atoms. The number of hydrogen-bond donors (Lipinski definition) is 2. The molecule has 1 N–H and O–H groups in total. The maximum absolute atomic E-state index is 11.5. The van der Waals surface area contributed by atoms with Crippen molar-refractivity contribution in [2.24, 2.45) is 0 Å². The van der Waals surface area contributed by atoms with Crippen LogP contribution in [0.25, 0.3) is 17.0 Å². The van der Waals surface area contributed by atoms with Crippen LogP contribution in [0.1, 0.15) is 12.0 Å². The monoisotopic (exact) mass is 249 g/mol. The van der Waals surface area contributed by atoms with E-state index in [-0.39, 0.29) is 0 Å². The fraction of sp³-hybridized carbons (Fsp3) is 0.167. The number of hydrogen-bond acceptors (Lipinski definition) is 4. The number of H-pyrrole nitrogens is 1. The van der Waals surface area contributed by atoms with Gasteiger partial charge < -0.3 is 4.42 Å². The maximum atomic E-state index is 11.5. The predicted molar refractivity (Wildman–Crippen MR) is 70.6 cm³/mol. The van der Waals surface area contributed by atoms with Gasteiger partial charge in [0.2, 0.25) is 0 Å². The zero-order valence-electron chi connectivity index (χ0n) is 8.97. The van der Waals surface area contributed by atoms with Gasteiger partial charge in [-0.2, -0.15) is 12.6 Å². The molecule has 0 bridgehead atoms. The minimum atomic E-state index is -0.735. The summed E-state index contributed by atoms with van der Waals surface area (Å²) in [6.07, 6.45) is 4.74. The maximum Gasteiger partial charge on any atom is 0.419 e. The van der Waals surface area contributed by atoms with Crippen molar-refractivity contribution < 1.29 is 4.42 Å². The average molecular weight is 249 g/mol. The van der Waals surface area contributed by atoms with Crippen LogP contribution >= 0.6 is 12.6 Å². The van der Waals surface area contributed by atoms with E-state index in [0.29, 0.717) is 10.9 Å². The highest BCUT2D eigenvalue weighted by Crippen LogP contribution is 2.10. The Bertz CT molecular complexity index is 669. The standard InChI is InChI=1S/C12H11NO3S/c14-11-9-7-8(3-1-2-6-17)4-5-10(9)13-12(15)16-11/h1,3-5,7,17H,2,6H2,(H,13,15). The van der Waals surface area contributed by atoms with Crippen molar-refractivity contribution in [3.63, 3.8) is 0 Å². The van der Waals surface area contributed by atoms with E-state index in [9.17, 15) is 9.59 Å². The second-order valence-corrected chi connectivity index (χ2v) is 3.97. The second-order valence-electron chi connectivity index (χ2n) is 3.52. The van der Waals surface area contributed by atoms with E-state index >= 15 is 0 Å². The van der Waals surface area contributed by atoms with Crippen LogP contribution in [0.4, 0.5) is 0 Å². The largest absolute Gasteiger partial charge is 0.419 e. The van der Waals surface area contributed by atoms with E-state index in [1.54, 1.807) is 12.1 Å². The molecule has 1 heterocycles. The van der Waals surface area contributed by atoms with Gasteiger partial charge >= 0.3 is 11.4 Å². The number of thiol groups is 1. The van der Waals surface area contributed by atoms with Gasteiger partial charge in [-0.25, -0.2) is 9.59 Å². The fourth-order valence-corrected chi connectivity index (χ4v) is 1.66. The SMILES string of the molecule is O=c1[nH]c2ccc(C=CCCS)cc2c(=O)o1. The third kappa shape index (κ3) is 2.68. The van der Waals surface area contributed by atoms with E-state index < -0.39 is 11.4 Å². The van der Waals surface area contributed by atoms with Crippen LogP contribution in [0.5, 0.6) is 0 Å². The normalized spacial score (nSPS) is 11.4. The molecule has 1 aromatic heterocycles. The Morgan fingerprint density at radius 3 is 2.94 bits per heavy atom. The molecule has 5 heteroatoms. The van der Waals surface area contributed by atoms with Gasteiger partial charge in [0.15, 0.2) is 0 Å². The highest BCUT2D eigenvalue weighted by atomic mass is 32.1. The van der Waals surface area contributed by atoms with E-state index in [2.05, 4.69) is 22.0 Å². The minimum Gasteiger partial charge on any atom is -0.372 e. The Morgan fingerprint density at radius 2 is 2.18 bits per heavy atom. The van der Waals surface area contributed by atoms with Crippen molar-refractivity contribution in [1.29, 1.82) is 0 Å². The van der Waals surface area contributed by atoms with Gasteiger partial charge in [0.1, 0.15) is 0 Å². The lowest BCUT2D eigenvalue weighted by molar-refractivity contribution is 0.460. The molecule has 0 atom stereocenters. The van der Waals surface area contributed by atoms with Crippen molar-refractivity contribution >= 4 is 29.6 Å². The van der Waals surface area contributed by atoms with E-state index in [1.165, 1.54) is 0 Å². The number of aromatic amines is 1. The van der Waals surface area contributed by atoms with Crippen LogP contribution in [0.3, 0.4) is 0 Å². The molecule has 0 spiro atoms. The molecule has 4 nitrogen and oxygen atoms in total. The van der Waals surface area contributed by atoms with Crippen molar-refractivity contribution in [3.05, 3.63) is 50.8 Å². The first-order valence-corrected chi connectivity index (χ1v) is 5.78. The van der Waals surface area contributed by atoms with Crippen molar-refractivity contribution in [3.8, 4) is 0 Å². The summed E-state index contributed by atoms with van der Waals surface area (Å²) in [5.41, 5.74) is 0.754. The Labute approximate surface area is 102 Å². The molecular formula is C12H11NO3S. The molecule has 0 aliphatic carbocycles. The number of nitrogens with one attached hydrogen (secondary N) is 1. The van der Waals surface area contributed by atoms with Crippen molar-refractivity contribution in [1.82, 2.24) is 4.98 Å². The van der Waals surface area contributed by atoms with Crippen LogP contribution in [0, 0.1) is 0 Å². The highest BCUT2D eigenvalue weighted by molar-refractivity contribution is 7.80. The summed E-state index contributed by atoms with van der Waals surface area (Å²) in [6.45, 7) is 0. The fourth-order valence-electron chi connectivity index (χ4n) is 1.51. The lowest BCUT2D eigenvalue weighted by atomic mass is 10.1. The number of aromatic nitrogens is 1. The molecule has 0 unspecified atom stereocenters. The van der Waals surface area contributed by atoms with Gasteiger partial charge in [-0.1, -0.05) is 18.2 Å².